The van der Waals surface area contributed by atoms with E-state index in [9.17, 15) is 18.8 Å². The van der Waals surface area contributed by atoms with E-state index in [4.69, 9.17) is 4.42 Å². The summed E-state index contributed by atoms with van der Waals surface area (Å²) in [7, 11) is 0. The van der Waals surface area contributed by atoms with Gasteiger partial charge in [0.1, 0.15) is 23.0 Å². The zero-order chi connectivity index (χ0) is 34.2. The second-order valence-electron chi connectivity index (χ2n) is 11.4. The molecule has 248 valence electrons. The summed E-state index contributed by atoms with van der Waals surface area (Å²) >= 11 is 1.43. The fourth-order valence-corrected chi connectivity index (χ4v) is 6.43. The summed E-state index contributed by atoms with van der Waals surface area (Å²) in [6, 6.07) is 35.6. The second-order valence-corrected chi connectivity index (χ2v) is 12.9. The van der Waals surface area contributed by atoms with Crippen LogP contribution in [0.25, 0.3) is 17.4 Å². The number of anilines is 2. The molecule has 2 N–H and O–H groups in total. The number of hydrogen-bond donors (Lipinski definition) is 2. The van der Waals surface area contributed by atoms with Crippen molar-refractivity contribution < 1.29 is 23.2 Å². The van der Waals surface area contributed by atoms with Gasteiger partial charge in [-0.25, -0.2) is 4.39 Å². The Bertz CT molecular complexity index is 1940. The van der Waals surface area contributed by atoms with E-state index in [-0.39, 0.29) is 22.7 Å². The van der Waals surface area contributed by atoms with Gasteiger partial charge in [-0.3, -0.25) is 14.4 Å². The number of nitrogens with one attached hydrogen (secondary N) is 2. The monoisotopic (exact) mass is 674 g/mol. The highest BCUT2D eigenvalue weighted by atomic mass is 32.2. The average Bonchev–Trinajstić information content (AvgIpc) is 3.61. The maximum atomic E-state index is 14.2. The van der Waals surface area contributed by atoms with Gasteiger partial charge < -0.3 is 24.9 Å². The summed E-state index contributed by atoms with van der Waals surface area (Å²) in [5.41, 5.74) is 2.38. The van der Waals surface area contributed by atoms with Crippen molar-refractivity contribution >= 4 is 46.9 Å². The molecule has 0 spiro atoms. The molecule has 3 amide bonds. The molecule has 1 fully saturated rings. The van der Waals surface area contributed by atoms with Crippen LogP contribution in [-0.4, -0.2) is 54.1 Å². The highest BCUT2D eigenvalue weighted by Gasteiger charge is 2.26. The van der Waals surface area contributed by atoms with E-state index in [0.29, 0.717) is 54.6 Å². The van der Waals surface area contributed by atoms with E-state index in [0.717, 1.165) is 10.5 Å². The number of halogens is 1. The number of carbonyl (C=O) groups excluding carboxylic acids is 3. The van der Waals surface area contributed by atoms with E-state index < -0.39 is 11.8 Å². The first-order valence-electron chi connectivity index (χ1n) is 15.9. The van der Waals surface area contributed by atoms with E-state index in [2.05, 4.69) is 10.6 Å². The van der Waals surface area contributed by atoms with E-state index in [1.807, 2.05) is 77.4 Å². The van der Waals surface area contributed by atoms with Crippen LogP contribution in [-0.2, 0) is 9.59 Å². The van der Waals surface area contributed by atoms with Gasteiger partial charge in [-0.05, 0) is 67.6 Å². The summed E-state index contributed by atoms with van der Waals surface area (Å²) in [6.07, 6.45) is 1.50. The zero-order valence-electron chi connectivity index (χ0n) is 26.8. The third-order valence-corrected chi connectivity index (χ3v) is 9.16. The number of amides is 3. The Balaban J connectivity index is 1.09. The standard InChI is InChI=1S/C39H35FN4O4S/c1-27(39(47)44-24-22-43(23-25-44)35-15-9-8-14-33(35)40)49-32-19-16-30(17-20-32)41-38(46)34(42-37(45)29-12-6-3-7-13-29)26-31-18-21-36(48-31)28-10-4-2-5-11-28/h2-21,26-27H,22-25H2,1H3,(H,41,46)(H,42,45)/b34-26-/t27-/m0/s1. The number of carbonyl (C=O) groups is 3. The molecule has 1 saturated heterocycles. The van der Waals surface area contributed by atoms with Crippen LogP contribution in [0.15, 0.2) is 136 Å². The van der Waals surface area contributed by atoms with Gasteiger partial charge in [-0.1, -0.05) is 60.7 Å². The summed E-state index contributed by atoms with van der Waals surface area (Å²) in [6.45, 7) is 4.04. The van der Waals surface area contributed by atoms with Crippen molar-refractivity contribution in [1.82, 2.24) is 10.2 Å². The molecule has 5 aromatic rings. The quantitative estimate of drug-likeness (QED) is 0.119. The van der Waals surface area contributed by atoms with Gasteiger partial charge in [0.15, 0.2) is 0 Å². The molecule has 1 aromatic heterocycles. The van der Waals surface area contributed by atoms with Crippen LogP contribution in [0.3, 0.4) is 0 Å². The lowest BCUT2D eigenvalue weighted by atomic mass is 10.2. The van der Waals surface area contributed by atoms with E-state index in [1.54, 1.807) is 54.6 Å². The predicted molar refractivity (Wildman–Crippen MR) is 192 cm³/mol. The van der Waals surface area contributed by atoms with Gasteiger partial charge in [-0.2, -0.15) is 0 Å². The van der Waals surface area contributed by atoms with Gasteiger partial charge in [-0.15, -0.1) is 11.8 Å². The van der Waals surface area contributed by atoms with Crippen molar-refractivity contribution in [2.45, 2.75) is 17.1 Å². The van der Waals surface area contributed by atoms with Crippen molar-refractivity contribution in [2.75, 3.05) is 36.4 Å². The SMILES string of the molecule is C[C@H](Sc1ccc(NC(=O)/C(=C/c2ccc(-c3ccccc3)o2)NC(=O)c2ccccc2)cc1)C(=O)N1CCN(c2ccccc2F)CC1. The van der Waals surface area contributed by atoms with Crippen LogP contribution in [0.2, 0.25) is 0 Å². The molecule has 10 heteroatoms. The molecule has 1 atom stereocenters. The van der Waals surface area contributed by atoms with Gasteiger partial charge in [0, 0.05) is 54.0 Å². The predicted octanol–water partition coefficient (Wildman–Crippen LogP) is 7.32. The number of hydrogen-bond acceptors (Lipinski definition) is 6. The molecule has 2 heterocycles. The molecular weight excluding hydrogens is 640 g/mol. The number of furan rings is 1. The summed E-state index contributed by atoms with van der Waals surface area (Å²) < 4.78 is 20.2. The molecule has 0 unspecified atom stereocenters. The first-order chi connectivity index (χ1) is 23.8. The topological polar surface area (TPSA) is 94.9 Å². The minimum atomic E-state index is -0.527. The number of nitrogens with zero attached hydrogens (tertiary/aromatic N) is 2. The Labute approximate surface area is 288 Å². The fraction of sp³-hybridized carbons (Fsp3) is 0.154. The normalized spacial score (nSPS) is 13.9. The van der Waals surface area contributed by atoms with Crippen molar-refractivity contribution in [3.63, 3.8) is 0 Å². The van der Waals surface area contributed by atoms with Crippen LogP contribution in [0.4, 0.5) is 15.8 Å². The zero-order valence-corrected chi connectivity index (χ0v) is 27.7. The van der Waals surface area contributed by atoms with Gasteiger partial charge in [0.2, 0.25) is 5.91 Å². The highest BCUT2D eigenvalue weighted by molar-refractivity contribution is 8.00. The fourth-order valence-electron chi connectivity index (χ4n) is 5.48. The molecule has 1 aliphatic rings. The van der Waals surface area contributed by atoms with Crippen molar-refractivity contribution in [3.8, 4) is 11.3 Å². The minimum absolute atomic E-state index is 0.00980. The Kier molecular flexibility index (Phi) is 10.6. The average molecular weight is 675 g/mol. The molecular formula is C39H35FN4O4S. The molecule has 49 heavy (non-hydrogen) atoms. The Morgan fingerprint density at radius 2 is 1.45 bits per heavy atom. The van der Waals surface area contributed by atoms with Crippen LogP contribution < -0.4 is 15.5 Å². The largest absolute Gasteiger partial charge is 0.457 e. The van der Waals surface area contributed by atoms with Crippen molar-refractivity contribution in [2.24, 2.45) is 0 Å². The van der Waals surface area contributed by atoms with E-state index in [1.165, 1.54) is 23.9 Å². The van der Waals surface area contributed by atoms with Gasteiger partial charge in [0.05, 0.1) is 10.9 Å². The highest BCUT2D eigenvalue weighted by Crippen LogP contribution is 2.28. The number of piperazine rings is 1. The van der Waals surface area contributed by atoms with Gasteiger partial charge >= 0.3 is 0 Å². The Hall–Kier alpha value is -5.61. The third kappa shape index (κ3) is 8.46. The molecule has 0 aliphatic carbocycles. The maximum Gasteiger partial charge on any atom is 0.272 e. The van der Waals surface area contributed by atoms with Crippen LogP contribution in [0.5, 0.6) is 0 Å². The van der Waals surface area contributed by atoms with Crippen LogP contribution >= 0.6 is 11.8 Å². The number of thioether (sulfide) groups is 1. The first-order valence-corrected chi connectivity index (χ1v) is 16.8. The maximum absolute atomic E-state index is 14.2. The smallest absolute Gasteiger partial charge is 0.272 e. The lowest BCUT2D eigenvalue weighted by molar-refractivity contribution is -0.130. The second kappa shape index (κ2) is 15.5. The summed E-state index contributed by atoms with van der Waals surface area (Å²) in [5, 5.41) is 5.25. The number of para-hydroxylation sites is 1. The lowest BCUT2D eigenvalue weighted by Crippen LogP contribution is -2.50. The molecule has 8 nitrogen and oxygen atoms in total. The minimum Gasteiger partial charge on any atom is -0.457 e. The Morgan fingerprint density at radius 1 is 0.796 bits per heavy atom. The first kappa shape index (κ1) is 33.3. The molecule has 4 aromatic carbocycles. The number of rotatable bonds is 10. The Morgan fingerprint density at radius 3 is 2.14 bits per heavy atom. The van der Waals surface area contributed by atoms with Crippen LogP contribution in [0, 0.1) is 5.82 Å². The van der Waals surface area contributed by atoms with Crippen LogP contribution in [0.1, 0.15) is 23.0 Å². The van der Waals surface area contributed by atoms with Crippen molar-refractivity contribution in [3.05, 3.63) is 144 Å². The number of benzene rings is 4. The summed E-state index contributed by atoms with van der Waals surface area (Å²) in [4.78, 5) is 44.4. The van der Waals surface area contributed by atoms with Crippen molar-refractivity contribution in [1.29, 1.82) is 0 Å². The lowest BCUT2D eigenvalue weighted by Gasteiger charge is -2.37. The molecule has 6 rings (SSSR count). The molecule has 0 saturated carbocycles. The summed E-state index contributed by atoms with van der Waals surface area (Å²) in [5.74, 6) is -0.169. The molecule has 0 radical (unpaired) electrons. The van der Waals surface area contributed by atoms with E-state index >= 15 is 0 Å². The molecule has 1 aliphatic heterocycles. The third-order valence-electron chi connectivity index (χ3n) is 8.06. The van der Waals surface area contributed by atoms with Gasteiger partial charge in [0.25, 0.3) is 11.8 Å². The molecule has 0 bridgehead atoms.